The highest BCUT2D eigenvalue weighted by Crippen LogP contribution is 2.28. The van der Waals surface area contributed by atoms with Crippen LogP contribution in [0.1, 0.15) is 32.7 Å². The second-order valence-corrected chi connectivity index (χ2v) is 6.42. The molecule has 0 saturated heterocycles. The number of carbonyl (C=O) groups excluding carboxylic acids is 3. The van der Waals surface area contributed by atoms with Gasteiger partial charge in [0.15, 0.2) is 0 Å². The molecule has 0 radical (unpaired) electrons. The molecule has 28 heavy (non-hydrogen) atoms. The van der Waals surface area contributed by atoms with Crippen LogP contribution in [0.15, 0.2) is 54.0 Å². The van der Waals surface area contributed by atoms with E-state index in [1.807, 2.05) is 0 Å². The van der Waals surface area contributed by atoms with Crippen LogP contribution in [0, 0.1) is 0 Å². The van der Waals surface area contributed by atoms with Crippen molar-refractivity contribution in [3.8, 4) is 0 Å². The summed E-state index contributed by atoms with van der Waals surface area (Å²) in [6.45, 7) is 4.13. The molecule has 0 saturated carbocycles. The minimum atomic E-state index is -0.537. The predicted molar refractivity (Wildman–Crippen MR) is 104 cm³/mol. The summed E-state index contributed by atoms with van der Waals surface area (Å²) < 4.78 is 1.27. The maximum atomic E-state index is 12.4. The maximum absolute atomic E-state index is 12.4. The summed E-state index contributed by atoms with van der Waals surface area (Å²) in [6.07, 6.45) is 4.20. The average Bonchev–Trinajstić information content (AvgIpc) is 2.72. The quantitative estimate of drug-likeness (QED) is 0.611. The maximum Gasteiger partial charge on any atom is 0.271 e. The van der Waals surface area contributed by atoms with Gasteiger partial charge in [0, 0.05) is 37.1 Å². The van der Waals surface area contributed by atoms with Crippen molar-refractivity contribution in [2.24, 2.45) is 7.05 Å². The first-order valence-corrected chi connectivity index (χ1v) is 8.75. The van der Waals surface area contributed by atoms with E-state index in [9.17, 15) is 19.2 Å². The second-order valence-electron chi connectivity index (χ2n) is 6.42. The number of amides is 3. The topological polar surface area (TPSA) is 101 Å². The van der Waals surface area contributed by atoms with E-state index in [0.717, 1.165) is 24.1 Å². The molecular weight excluding hydrogens is 360 g/mol. The van der Waals surface area contributed by atoms with Gasteiger partial charge in [-0.15, -0.1) is 0 Å². The molecule has 1 aliphatic rings. The Balaban J connectivity index is 1.70. The Morgan fingerprint density at radius 2 is 1.75 bits per heavy atom. The smallest absolute Gasteiger partial charge is 0.271 e. The zero-order valence-corrected chi connectivity index (χ0v) is 15.4. The fourth-order valence-corrected chi connectivity index (χ4v) is 3.06. The number of carbonyl (C=O) groups is 3. The van der Waals surface area contributed by atoms with Gasteiger partial charge in [-0.25, -0.2) is 0 Å². The Labute approximate surface area is 161 Å². The zero-order chi connectivity index (χ0) is 20.3. The van der Waals surface area contributed by atoms with Crippen LogP contribution in [0.3, 0.4) is 0 Å². The van der Waals surface area contributed by atoms with E-state index in [2.05, 4.69) is 17.4 Å². The number of fused-ring (bicyclic) bond motifs is 1. The molecule has 2 aromatic rings. The Morgan fingerprint density at radius 1 is 1.07 bits per heavy atom. The lowest BCUT2D eigenvalue weighted by atomic mass is 9.99. The summed E-state index contributed by atoms with van der Waals surface area (Å²) in [5, 5.41) is 0. The fourth-order valence-electron chi connectivity index (χ4n) is 3.06. The molecular formula is C20H20N4O4. The third-order valence-electron chi connectivity index (χ3n) is 4.54. The average molecular weight is 380 g/mol. The lowest BCUT2D eigenvalue weighted by Crippen LogP contribution is -2.42. The van der Waals surface area contributed by atoms with Gasteiger partial charge < -0.3 is 9.47 Å². The molecule has 0 unspecified atom stereocenters. The van der Waals surface area contributed by atoms with E-state index < -0.39 is 11.8 Å². The summed E-state index contributed by atoms with van der Waals surface area (Å²) in [5.74, 6) is -1.19. The summed E-state index contributed by atoms with van der Waals surface area (Å²) in [6, 6.07) is 7.69. The van der Waals surface area contributed by atoms with Gasteiger partial charge in [-0.2, -0.15) is 0 Å². The number of aryl methyl sites for hydroxylation is 2. The number of benzene rings is 1. The second kappa shape index (κ2) is 7.91. The van der Waals surface area contributed by atoms with Crippen molar-refractivity contribution in [1.29, 1.82) is 0 Å². The summed E-state index contributed by atoms with van der Waals surface area (Å²) in [5.41, 5.74) is 6.71. The van der Waals surface area contributed by atoms with Crippen LogP contribution in [0.5, 0.6) is 0 Å². The van der Waals surface area contributed by atoms with Crippen LogP contribution in [0.25, 0.3) is 0 Å². The van der Waals surface area contributed by atoms with Crippen molar-refractivity contribution in [3.63, 3.8) is 0 Å². The number of pyridine rings is 1. The van der Waals surface area contributed by atoms with Crippen molar-refractivity contribution in [1.82, 2.24) is 15.4 Å². The first-order chi connectivity index (χ1) is 13.4. The Hall–Kier alpha value is -3.68. The van der Waals surface area contributed by atoms with Crippen molar-refractivity contribution < 1.29 is 14.4 Å². The number of nitrogens with zero attached hydrogens (tertiary/aromatic N) is 2. The first-order valence-electron chi connectivity index (χ1n) is 8.75. The molecule has 144 valence electrons. The number of aromatic nitrogens is 1. The van der Waals surface area contributed by atoms with Gasteiger partial charge in [0.25, 0.3) is 11.8 Å². The normalized spacial score (nSPS) is 12.7. The molecule has 2 heterocycles. The molecule has 3 amide bonds. The van der Waals surface area contributed by atoms with Gasteiger partial charge in [-0.3, -0.25) is 30.0 Å². The lowest BCUT2D eigenvalue weighted by molar-refractivity contribution is -0.114. The molecule has 0 spiro atoms. The van der Waals surface area contributed by atoms with Crippen molar-refractivity contribution in [2.45, 2.75) is 12.8 Å². The van der Waals surface area contributed by atoms with E-state index in [0.29, 0.717) is 12.1 Å². The van der Waals surface area contributed by atoms with Gasteiger partial charge in [0.2, 0.25) is 11.5 Å². The Kier molecular flexibility index (Phi) is 5.39. The van der Waals surface area contributed by atoms with Gasteiger partial charge in [0.1, 0.15) is 0 Å². The fraction of sp³-hybridized carbons (Fsp3) is 0.200. The Bertz CT molecular complexity index is 1030. The van der Waals surface area contributed by atoms with Gasteiger partial charge in [-0.1, -0.05) is 6.58 Å². The first kappa shape index (κ1) is 19.1. The van der Waals surface area contributed by atoms with Crippen LogP contribution < -0.4 is 21.3 Å². The third-order valence-corrected chi connectivity index (χ3v) is 4.54. The van der Waals surface area contributed by atoms with E-state index in [4.69, 9.17) is 0 Å². The Morgan fingerprint density at radius 3 is 2.43 bits per heavy atom. The third kappa shape index (κ3) is 3.85. The standard InChI is InChI=1S/C20H20N4O4/c1-3-17(25)24-10-4-5-13-11-14(6-8-16(13)24)19(27)21-22-20(28)15-7-9-18(26)23(2)12-15/h3,6-9,11-12H,1,4-5,10H2,2H3,(H,21,27)(H,22,28). The monoisotopic (exact) mass is 380 g/mol. The summed E-state index contributed by atoms with van der Waals surface area (Å²) in [7, 11) is 1.53. The number of nitrogens with one attached hydrogen (secondary N) is 2. The van der Waals surface area contributed by atoms with Crippen LogP contribution in [-0.2, 0) is 18.3 Å². The number of hydrogen-bond acceptors (Lipinski definition) is 4. The molecule has 0 atom stereocenters. The van der Waals surface area contributed by atoms with E-state index in [-0.39, 0.29) is 17.0 Å². The zero-order valence-electron chi connectivity index (χ0n) is 15.4. The SMILES string of the molecule is C=CC(=O)N1CCCc2cc(C(=O)NNC(=O)c3ccc(=O)n(C)c3)ccc21. The number of anilines is 1. The van der Waals surface area contributed by atoms with Gasteiger partial charge >= 0.3 is 0 Å². The van der Waals surface area contributed by atoms with Crippen molar-refractivity contribution in [2.75, 3.05) is 11.4 Å². The van der Waals surface area contributed by atoms with Crippen LogP contribution >= 0.6 is 0 Å². The van der Waals surface area contributed by atoms with Gasteiger partial charge in [0.05, 0.1) is 5.56 Å². The predicted octanol–water partition coefficient (Wildman–Crippen LogP) is 0.925. The highest BCUT2D eigenvalue weighted by Gasteiger charge is 2.22. The number of rotatable bonds is 3. The van der Waals surface area contributed by atoms with Crippen molar-refractivity contribution >= 4 is 23.4 Å². The lowest BCUT2D eigenvalue weighted by Gasteiger charge is -2.28. The molecule has 0 bridgehead atoms. The van der Waals surface area contributed by atoms with Crippen LogP contribution in [0.2, 0.25) is 0 Å². The molecule has 0 fully saturated rings. The van der Waals surface area contributed by atoms with E-state index in [1.54, 1.807) is 23.1 Å². The molecule has 0 aliphatic carbocycles. The largest absolute Gasteiger partial charge is 0.318 e. The van der Waals surface area contributed by atoms with Crippen LogP contribution in [0.4, 0.5) is 5.69 Å². The number of hydrogen-bond donors (Lipinski definition) is 2. The molecule has 1 aliphatic heterocycles. The molecule has 2 N–H and O–H groups in total. The highest BCUT2D eigenvalue weighted by atomic mass is 16.2. The van der Waals surface area contributed by atoms with Crippen LogP contribution in [-0.4, -0.2) is 28.8 Å². The van der Waals surface area contributed by atoms with E-state index >= 15 is 0 Å². The molecule has 3 rings (SSSR count). The highest BCUT2D eigenvalue weighted by molar-refractivity contribution is 6.03. The van der Waals surface area contributed by atoms with Gasteiger partial charge in [-0.05, 0) is 48.7 Å². The minimum Gasteiger partial charge on any atom is -0.318 e. The number of hydrazine groups is 1. The molecule has 8 nitrogen and oxygen atoms in total. The molecule has 1 aromatic carbocycles. The summed E-state index contributed by atoms with van der Waals surface area (Å²) >= 11 is 0. The summed E-state index contributed by atoms with van der Waals surface area (Å²) in [4.78, 5) is 49.5. The molecule has 8 heteroatoms. The van der Waals surface area contributed by atoms with Crippen molar-refractivity contribution in [3.05, 3.63) is 76.2 Å². The van der Waals surface area contributed by atoms with E-state index in [1.165, 1.54) is 36.0 Å². The minimum absolute atomic E-state index is 0.178. The molecule has 1 aromatic heterocycles.